The first-order valence-electron chi connectivity index (χ1n) is 8.03. The third-order valence-corrected chi connectivity index (χ3v) is 4.67. The number of hydrogen-bond donors (Lipinski definition) is 0. The van der Waals surface area contributed by atoms with Crippen LogP contribution in [0.15, 0.2) is 24.3 Å². The molecule has 0 aliphatic carbocycles. The standard InChI is InChI=1S/C17H24ClN3O2/c1-4-20(5-2)16(22)12-19(3)15-10-11-21(17(15)23)14-9-7-6-8-13(14)18/h6-9,15H,4-5,10-12H2,1-3H3. The van der Waals surface area contributed by atoms with Crippen LogP contribution < -0.4 is 4.90 Å². The fourth-order valence-electron chi connectivity index (χ4n) is 2.98. The molecule has 1 aliphatic heterocycles. The number of carbonyl (C=O) groups is 2. The predicted molar refractivity (Wildman–Crippen MR) is 92.8 cm³/mol. The fraction of sp³-hybridized carbons (Fsp3) is 0.529. The molecule has 1 saturated heterocycles. The summed E-state index contributed by atoms with van der Waals surface area (Å²) >= 11 is 6.19. The minimum atomic E-state index is -0.272. The van der Waals surface area contributed by atoms with Crippen molar-refractivity contribution in [3.63, 3.8) is 0 Å². The van der Waals surface area contributed by atoms with Gasteiger partial charge in [-0.25, -0.2) is 0 Å². The van der Waals surface area contributed by atoms with E-state index < -0.39 is 0 Å². The van der Waals surface area contributed by atoms with E-state index in [4.69, 9.17) is 11.6 Å². The second-order valence-electron chi connectivity index (χ2n) is 5.73. The number of amides is 2. The number of para-hydroxylation sites is 1. The van der Waals surface area contributed by atoms with Crippen molar-refractivity contribution in [2.24, 2.45) is 0 Å². The Kier molecular flexibility index (Phi) is 6.02. The molecule has 0 saturated carbocycles. The van der Waals surface area contributed by atoms with Crippen LogP contribution in [0.4, 0.5) is 5.69 Å². The van der Waals surface area contributed by atoms with Gasteiger partial charge in [0.05, 0.1) is 23.3 Å². The smallest absolute Gasteiger partial charge is 0.244 e. The van der Waals surface area contributed by atoms with Crippen LogP contribution >= 0.6 is 11.6 Å². The van der Waals surface area contributed by atoms with Crippen molar-refractivity contribution < 1.29 is 9.59 Å². The highest BCUT2D eigenvalue weighted by atomic mass is 35.5. The molecule has 2 rings (SSSR count). The first kappa shape index (κ1) is 17.8. The van der Waals surface area contributed by atoms with Crippen LogP contribution in [0.5, 0.6) is 0 Å². The molecular formula is C17H24ClN3O2. The number of anilines is 1. The zero-order chi connectivity index (χ0) is 17.0. The normalized spacial score (nSPS) is 17.9. The molecule has 1 heterocycles. The van der Waals surface area contributed by atoms with E-state index in [2.05, 4.69) is 0 Å². The molecule has 2 amide bonds. The van der Waals surface area contributed by atoms with Gasteiger partial charge in [-0.15, -0.1) is 0 Å². The zero-order valence-electron chi connectivity index (χ0n) is 14.0. The van der Waals surface area contributed by atoms with Gasteiger partial charge in [-0.05, 0) is 39.4 Å². The number of hydrogen-bond acceptors (Lipinski definition) is 3. The fourth-order valence-corrected chi connectivity index (χ4v) is 3.22. The molecule has 1 fully saturated rings. The van der Waals surface area contributed by atoms with Gasteiger partial charge in [0, 0.05) is 19.6 Å². The van der Waals surface area contributed by atoms with Gasteiger partial charge in [0.2, 0.25) is 11.8 Å². The Labute approximate surface area is 142 Å². The summed E-state index contributed by atoms with van der Waals surface area (Å²) in [5.74, 6) is 0.0643. The van der Waals surface area contributed by atoms with Crippen molar-refractivity contribution >= 4 is 29.1 Å². The van der Waals surface area contributed by atoms with E-state index in [1.165, 1.54) is 0 Å². The number of halogens is 1. The second kappa shape index (κ2) is 7.79. The van der Waals surface area contributed by atoms with Crippen molar-refractivity contribution in [2.75, 3.05) is 38.1 Å². The topological polar surface area (TPSA) is 43.9 Å². The van der Waals surface area contributed by atoms with Gasteiger partial charge in [-0.2, -0.15) is 0 Å². The summed E-state index contributed by atoms with van der Waals surface area (Å²) in [6.45, 7) is 6.18. The Balaban J connectivity index is 2.04. The molecule has 1 atom stereocenters. The lowest BCUT2D eigenvalue weighted by molar-refractivity contribution is -0.133. The van der Waals surface area contributed by atoms with Crippen molar-refractivity contribution in [3.05, 3.63) is 29.3 Å². The van der Waals surface area contributed by atoms with E-state index in [0.717, 1.165) is 5.69 Å². The molecular weight excluding hydrogens is 314 g/mol. The summed E-state index contributed by atoms with van der Waals surface area (Å²) in [5, 5.41) is 0.573. The highest BCUT2D eigenvalue weighted by Gasteiger charge is 2.36. The molecule has 0 bridgehead atoms. The first-order valence-corrected chi connectivity index (χ1v) is 8.41. The van der Waals surface area contributed by atoms with Crippen LogP contribution in [0.25, 0.3) is 0 Å². The molecule has 0 spiro atoms. The Morgan fingerprint density at radius 3 is 2.57 bits per heavy atom. The van der Waals surface area contributed by atoms with Crippen molar-refractivity contribution in [1.29, 1.82) is 0 Å². The Morgan fingerprint density at radius 1 is 1.30 bits per heavy atom. The molecule has 1 aliphatic rings. The number of rotatable bonds is 6. The first-order chi connectivity index (χ1) is 11.0. The number of nitrogens with zero attached hydrogens (tertiary/aromatic N) is 3. The summed E-state index contributed by atoms with van der Waals surface area (Å²) in [4.78, 5) is 30.3. The molecule has 1 aromatic rings. The molecule has 126 valence electrons. The molecule has 1 aromatic carbocycles. The second-order valence-corrected chi connectivity index (χ2v) is 6.13. The van der Waals surface area contributed by atoms with Crippen LogP contribution in [0.1, 0.15) is 20.3 Å². The van der Waals surface area contributed by atoms with Gasteiger partial charge in [0.25, 0.3) is 0 Å². The monoisotopic (exact) mass is 337 g/mol. The van der Waals surface area contributed by atoms with Crippen LogP contribution in [0, 0.1) is 0 Å². The average molecular weight is 338 g/mol. The quantitative estimate of drug-likeness (QED) is 0.799. The van der Waals surface area contributed by atoms with E-state index in [9.17, 15) is 9.59 Å². The minimum Gasteiger partial charge on any atom is -0.342 e. The highest BCUT2D eigenvalue weighted by molar-refractivity contribution is 6.33. The van der Waals surface area contributed by atoms with Crippen LogP contribution in [-0.2, 0) is 9.59 Å². The maximum atomic E-state index is 12.7. The Bertz CT molecular complexity index is 575. The minimum absolute atomic E-state index is 0.00736. The summed E-state index contributed by atoms with van der Waals surface area (Å²) in [6, 6.07) is 7.08. The van der Waals surface area contributed by atoms with E-state index >= 15 is 0 Å². The maximum Gasteiger partial charge on any atom is 0.244 e. The maximum absolute atomic E-state index is 12.7. The summed E-state index contributed by atoms with van der Waals surface area (Å²) in [6.07, 6.45) is 0.700. The van der Waals surface area contributed by atoms with Gasteiger partial charge in [-0.1, -0.05) is 23.7 Å². The molecule has 0 radical (unpaired) electrons. The molecule has 0 aromatic heterocycles. The molecule has 23 heavy (non-hydrogen) atoms. The lowest BCUT2D eigenvalue weighted by Gasteiger charge is -2.26. The van der Waals surface area contributed by atoms with Crippen molar-refractivity contribution in [2.45, 2.75) is 26.3 Å². The van der Waals surface area contributed by atoms with E-state index in [-0.39, 0.29) is 24.4 Å². The Morgan fingerprint density at radius 2 is 1.96 bits per heavy atom. The van der Waals surface area contributed by atoms with Gasteiger partial charge in [-0.3, -0.25) is 14.5 Å². The number of benzene rings is 1. The SMILES string of the molecule is CCN(CC)C(=O)CN(C)C1CCN(c2ccccc2Cl)C1=O. The van der Waals surface area contributed by atoms with Gasteiger partial charge >= 0.3 is 0 Å². The lowest BCUT2D eigenvalue weighted by Crippen LogP contribution is -2.45. The number of likely N-dealkylation sites (N-methyl/N-ethyl adjacent to an activating group) is 2. The van der Waals surface area contributed by atoms with Crippen LogP contribution in [-0.4, -0.2) is 60.9 Å². The number of carbonyl (C=O) groups excluding carboxylic acids is 2. The molecule has 0 N–H and O–H groups in total. The summed E-state index contributed by atoms with van der Waals surface area (Å²) in [5.41, 5.74) is 0.741. The third-order valence-electron chi connectivity index (χ3n) is 4.35. The predicted octanol–water partition coefficient (Wildman–Crippen LogP) is 2.25. The van der Waals surface area contributed by atoms with Gasteiger partial charge in [0.15, 0.2) is 0 Å². The van der Waals surface area contributed by atoms with Crippen molar-refractivity contribution in [3.8, 4) is 0 Å². The zero-order valence-corrected chi connectivity index (χ0v) is 14.7. The third kappa shape index (κ3) is 3.85. The lowest BCUT2D eigenvalue weighted by atomic mass is 10.2. The van der Waals surface area contributed by atoms with Crippen molar-refractivity contribution in [1.82, 2.24) is 9.80 Å². The van der Waals surface area contributed by atoms with E-state index in [0.29, 0.717) is 31.1 Å². The average Bonchev–Trinajstić information content (AvgIpc) is 2.90. The molecule has 1 unspecified atom stereocenters. The summed E-state index contributed by atoms with van der Waals surface area (Å²) < 4.78 is 0. The summed E-state index contributed by atoms with van der Waals surface area (Å²) in [7, 11) is 1.83. The molecule has 5 nitrogen and oxygen atoms in total. The van der Waals surface area contributed by atoms with E-state index in [1.807, 2.05) is 44.0 Å². The van der Waals surface area contributed by atoms with Gasteiger partial charge < -0.3 is 9.80 Å². The van der Waals surface area contributed by atoms with E-state index in [1.54, 1.807) is 15.9 Å². The highest BCUT2D eigenvalue weighted by Crippen LogP contribution is 2.30. The largest absolute Gasteiger partial charge is 0.342 e. The Hall–Kier alpha value is -1.59. The van der Waals surface area contributed by atoms with Gasteiger partial charge in [0.1, 0.15) is 0 Å². The van der Waals surface area contributed by atoms with Crippen LogP contribution in [0.3, 0.4) is 0 Å². The molecule has 6 heteroatoms. The van der Waals surface area contributed by atoms with Crippen LogP contribution in [0.2, 0.25) is 5.02 Å².